The summed E-state index contributed by atoms with van der Waals surface area (Å²) in [5, 5.41) is 12.4. The summed E-state index contributed by atoms with van der Waals surface area (Å²) in [6, 6.07) is 18.3. The van der Waals surface area contributed by atoms with Crippen LogP contribution in [0, 0.1) is 5.82 Å². The molecule has 3 aromatic carbocycles. The Morgan fingerprint density at radius 2 is 1.58 bits per heavy atom. The Bertz CT molecular complexity index is 1180. The molecular formula is C25H24FN3O4. The van der Waals surface area contributed by atoms with Gasteiger partial charge in [0.25, 0.3) is 5.91 Å². The average Bonchev–Trinajstić information content (AvgIpc) is 2.84. The first-order chi connectivity index (χ1) is 16.0. The third-order valence-corrected chi connectivity index (χ3v) is 5.67. The van der Waals surface area contributed by atoms with Gasteiger partial charge in [-0.05, 0) is 42.5 Å². The molecule has 0 aliphatic carbocycles. The summed E-state index contributed by atoms with van der Waals surface area (Å²) in [5.74, 6) is -1.45. The fourth-order valence-corrected chi connectivity index (χ4v) is 3.95. The number of carboxylic acids is 1. The zero-order valence-electron chi connectivity index (χ0n) is 18.1. The van der Waals surface area contributed by atoms with Crippen molar-refractivity contribution < 1.29 is 23.8 Å². The van der Waals surface area contributed by atoms with Gasteiger partial charge < -0.3 is 25.0 Å². The molecule has 1 amide bonds. The van der Waals surface area contributed by atoms with Crippen LogP contribution in [0.2, 0.25) is 0 Å². The first kappa shape index (κ1) is 22.1. The Labute approximate surface area is 191 Å². The summed E-state index contributed by atoms with van der Waals surface area (Å²) in [5.41, 5.74) is 1.80. The molecule has 4 rings (SSSR count). The van der Waals surface area contributed by atoms with Gasteiger partial charge in [0, 0.05) is 31.9 Å². The minimum absolute atomic E-state index is 0.00715. The number of carboxylic acid groups (broad SMARTS) is 1. The van der Waals surface area contributed by atoms with Crippen LogP contribution in [-0.2, 0) is 0 Å². The largest absolute Gasteiger partial charge is 0.496 e. The number of para-hydroxylation sites is 2. The van der Waals surface area contributed by atoms with Crippen molar-refractivity contribution in [2.45, 2.75) is 0 Å². The topological polar surface area (TPSA) is 82.1 Å². The van der Waals surface area contributed by atoms with Crippen molar-refractivity contribution in [2.24, 2.45) is 0 Å². The molecule has 0 radical (unpaired) electrons. The lowest BCUT2D eigenvalue weighted by Gasteiger charge is -2.37. The molecule has 8 heteroatoms. The van der Waals surface area contributed by atoms with Gasteiger partial charge in [0.05, 0.1) is 29.6 Å². The monoisotopic (exact) mass is 449 g/mol. The van der Waals surface area contributed by atoms with E-state index in [0.29, 0.717) is 43.2 Å². The fraction of sp³-hybridized carbons (Fsp3) is 0.200. The number of halogens is 1. The summed E-state index contributed by atoms with van der Waals surface area (Å²) in [6.45, 7) is 2.44. The number of hydrogen-bond acceptors (Lipinski definition) is 5. The molecule has 1 fully saturated rings. The van der Waals surface area contributed by atoms with Gasteiger partial charge in [-0.25, -0.2) is 9.18 Å². The van der Waals surface area contributed by atoms with Crippen LogP contribution in [0.5, 0.6) is 5.75 Å². The maximum Gasteiger partial charge on any atom is 0.337 e. The Morgan fingerprint density at radius 3 is 2.27 bits per heavy atom. The van der Waals surface area contributed by atoms with Crippen molar-refractivity contribution in [3.8, 4) is 5.75 Å². The van der Waals surface area contributed by atoms with E-state index in [4.69, 9.17) is 4.74 Å². The third-order valence-electron chi connectivity index (χ3n) is 5.67. The zero-order valence-corrected chi connectivity index (χ0v) is 18.1. The number of nitrogens with one attached hydrogen (secondary N) is 1. The highest BCUT2D eigenvalue weighted by molar-refractivity contribution is 6.09. The van der Waals surface area contributed by atoms with E-state index in [1.807, 2.05) is 11.0 Å². The molecule has 0 saturated carbocycles. The summed E-state index contributed by atoms with van der Waals surface area (Å²) in [4.78, 5) is 28.7. The number of rotatable bonds is 6. The Balaban J connectivity index is 1.50. The number of benzene rings is 3. The van der Waals surface area contributed by atoms with Gasteiger partial charge >= 0.3 is 5.97 Å². The number of carbonyl (C=O) groups is 2. The lowest BCUT2D eigenvalue weighted by Crippen LogP contribution is -2.46. The van der Waals surface area contributed by atoms with Gasteiger partial charge in [0.2, 0.25) is 0 Å². The standard InChI is InChI=1S/C25H24FN3O4/c1-33-23-9-5-2-6-18(23)24(30)27-21-11-10-17(16-19(21)25(31)32)28-12-14-29(15-13-28)22-8-4-3-7-20(22)26/h2-11,16H,12-15H2,1H3,(H,27,30)(H,31,32). The van der Waals surface area contributed by atoms with Crippen LogP contribution >= 0.6 is 0 Å². The van der Waals surface area contributed by atoms with Gasteiger partial charge in [-0.1, -0.05) is 24.3 Å². The van der Waals surface area contributed by atoms with Gasteiger partial charge in [-0.3, -0.25) is 4.79 Å². The van der Waals surface area contributed by atoms with Gasteiger partial charge in [-0.15, -0.1) is 0 Å². The maximum absolute atomic E-state index is 14.1. The highest BCUT2D eigenvalue weighted by atomic mass is 19.1. The normalized spacial score (nSPS) is 13.5. The van der Waals surface area contributed by atoms with Gasteiger partial charge in [0.1, 0.15) is 11.6 Å². The van der Waals surface area contributed by atoms with E-state index in [1.54, 1.807) is 54.6 Å². The zero-order chi connectivity index (χ0) is 23.4. The quantitative estimate of drug-likeness (QED) is 0.590. The number of carbonyl (C=O) groups excluding carboxylic acids is 1. The molecule has 0 atom stereocenters. The van der Waals surface area contributed by atoms with Gasteiger partial charge in [-0.2, -0.15) is 0 Å². The second-order valence-corrected chi connectivity index (χ2v) is 7.61. The van der Waals surface area contributed by atoms with Crippen LogP contribution in [0.25, 0.3) is 0 Å². The Kier molecular flexibility index (Phi) is 6.44. The van der Waals surface area contributed by atoms with E-state index in [9.17, 15) is 19.1 Å². The SMILES string of the molecule is COc1ccccc1C(=O)Nc1ccc(N2CCN(c3ccccc3F)CC2)cc1C(=O)O. The van der Waals surface area contributed by atoms with Crippen molar-refractivity contribution in [1.82, 2.24) is 0 Å². The van der Waals surface area contributed by atoms with Crippen molar-refractivity contribution in [3.05, 3.63) is 83.7 Å². The molecule has 1 aliphatic rings. The third kappa shape index (κ3) is 4.74. The van der Waals surface area contributed by atoms with E-state index in [-0.39, 0.29) is 17.1 Å². The van der Waals surface area contributed by atoms with Crippen LogP contribution in [0.15, 0.2) is 66.7 Å². The molecule has 0 unspecified atom stereocenters. The lowest BCUT2D eigenvalue weighted by atomic mass is 10.1. The molecule has 0 bridgehead atoms. The number of anilines is 3. The molecular weight excluding hydrogens is 425 g/mol. The Morgan fingerprint density at radius 1 is 0.909 bits per heavy atom. The minimum atomic E-state index is -1.14. The molecule has 1 aliphatic heterocycles. The van der Waals surface area contributed by atoms with E-state index in [1.165, 1.54) is 13.2 Å². The van der Waals surface area contributed by atoms with Crippen molar-refractivity contribution in [3.63, 3.8) is 0 Å². The first-order valence-corrected chi connectivity index (χ1v) is 10.5. The summed E-state index contributed by atoms with van der Waals surface area (Å²) < 4.78 is 19.3. The number of aromatic carboxylic acids is 1. The lowest BCUT2D eigenvalue weighted by molar-refractivity contribution is 0.0698. The maximum atomic E-state index is 14.1. The van der Waals surface area contributed by atoms with Crippen molar-refractivity contribution in [2.75, 3.05) is 48.4 Å². The molecule has 7 nitrogen and oxygen atoms in total. The molecule has 170 valence electrons. The van der Waals surface area contributed by atoms with Gasteiger partial charge in [0.15, 0.2) is 0 Å². The number of amides is 1. The molecule has 3 aromatic rings. The van der Waals surface area contributed by atoms with E-state index < -0.39 is 11.9 Å². The van der Waals surface area contributed by atoms with Crippen LogP contribution in [0.1, 0.15) is 20.7 Å². The fourth-order valence-electron chi connectivity index (χ4n) is 3.95. The average molecular weight is 449 g/mol. The smallest absolute Gasteiger partial charge is 0.337 e. The molecule has 0 spiro atoms. The summed E-state index contributed by atoms with van der Waals surface area (Å²) >= 11 is 0. The van der Waals surface area contributed by atoms with Crippen LogP contribution in [0.4, 0.5) is 21.5 Å². The molecule has 0 aromatic heterocycles. The first-order valence-electron chi connectivity index (χ1n) is 10.5. The van der Waals surface area contributed by atoms with Crippen molar-refractivity contribution >= 4 is 28.9 Å². The summed E-state index contributed by atoms with van der Waals surface area (Å²) in [6.07, 6.45) is 0. The highest BCUT2D eigenvalue weighted by Gasteiger charge is 2.22. The summed E-state index contributed by atoms with van der Waals surface area (Å²) in [7, 11) is 1.47. The van der Waals surface area contributed by atoms with Crippen LogP contribution in [-0.4, -0.2) is 50.3 Å². The number of hydrogen-bond donors (Lipinski definition) is 2. The second-order valence-electron chi connectivity index (χ2n) is 7.61. The number of nitrogens with zero attached hydrogens (tertiary/aromatic N) is 2. The molecule has 2 N–H and O–H groups in total. The predicted molar refractivity (Wildman–Crippen MR) is 125 cm³/mol. The number of piperazine rings is 1. The van der Waals surface area contributed by atoms with E-state index in [2.05, 4.69) is 10.2 Å². The van der Waals surface area contributed by atoms with Crippen molar-refractivity contribution in [1.29, 1.82) is 0 Å². The van der Waals surface area contributed by atoms with Crippen LogP contribution < -0.4 is 19.9 Å². The number of methoxy groups -OCH3 is 1. The number of ether oxygens (including phenoxy) is 1. The minimum Gasteiger partial charge on any atom is -0.496 e. The van der Waals surface area contributed by atoms with Crippen LogP contribution in [0.3, 0.4) is 0 Å². The van der Waals surface area contributed by atoms with E-state index in [0.717, 1.165) is 5.69 Å². The Hall–Kier alpha value is -4.07. The molecule has 1 heterocycles. The second kappa shape index (κ2) is 9.60. The van der Waals surface area contributed by atoms with E-state index >= 15 is 0 Å². The highest BCUT2D eigenvalue weighted by Crippen LogP contribution is 2.28. The molecule has 1 saturated heterocycles. The molecule has 33 heavy (non-hydrogen) atoms. The predicted octanol–water partition coefficient (Wildman–Crippen LogP) is 4.11.